The lowest BCUT2D eigenvalue weighted by molar-refractivity contribution is -0.155. The van der Waals surface area contributed by atoms with Crippen molar-refractivity contribution >= 4 is 11.8 Å². The third-order valence-electron chi connectivity index (χ3n) is 4.24. The summed E-state index contributed by atoms with van der Waals surface area (Å²) in [5, 5.41) is 2.91. The molecule has 6 nitrogen and oxygen atoms in total. The Morgan fingerprint density at radius 3 is 2.72 bits per heavy atom. The molecule has 0 aliphatic carbocycles. The fourth-order valence-corrected chi connectivity index (χ4v) is 2.87. The van der Waals surface area contributed by atoms with Crippen molar-refractivity contribution in [2.24, 2.45) is 0 Å². The molecule has 0 spiro atoms. The molecule has 6 heteroatoms. The van der Waals surface area contributed by atoms with Gasteiger partial charge in [0.1, 0.15) is 24.2 Å². The molecule has 132 valence electrons. The zero-order valence-electron chi connectivity index (χ0n) is 14.4. The molecule has 1 N–H and O–H groups in total. The molecule has 2 heterocycles. The number of morpholine rings is 1. The second-order valence-electron chi connectivity index (χ2n) is 6.22. The number of hydrogen-bond donors (Lipinski definition) is 1. The quantitative estimate of drug-likeness (QED) is 0.904. The van der Waals surface area contributed by atoms with Crippen LogP contribution in [0.15, 0.2) is 46.9 Å². The van der Waals surface area contributed by atoms with Crippen molar-refractivity contribution in [3.05, 3.63) is 59.5 Å². The summed E-state index contributed by atoms with van der Waals surface area (Å²) in [5.41, 5.74) is 0.977. The Balaban J connectivity index is 1.71. The minimum absolute atomic E-state index is 0.00352. The van der Waals surface area contributed by atoms with Crippen LogP contribution < -0.4 is 5.32 Å². The third-order valence-corrected chi connectivity index (χ3v) is 4.24. The number of rotatable bonds is 5. The van der Waals surface area contributed by atoms with Crippen LogP contribution in [0.5, 0.6) is 0 Å². The highest BCUT2D eigenvalue weighted by Gasteiger charge is 2.34. The van der Waals surface area contributed by atoms with E-state index in [0.717, 1.165) is 11.3 Å². The zero-order chi connectivity index (χ0) is 17.8. The fraction of sp³-hybridized carbons (Fsp3) is 0.368. The van der Waals surface area contributed by atoms with Gasteiger partial charge in [-0.15, -0.1) is 0 Å². The maximum Gasteiger partial charge on any atom is 0.249 e. The molecule has 1 fully saturated rings. The normalized spacial score (nSPS) is 18.9. The van der Waals surface area contributed by atoms with Crippen LogP contribution in [0.3, 0.4) is 0 Å². The molecule has 0 radical (unpaired) electrons. The number of hydrogen-bond acceptors (Lipinski definition) is 4. The van der Waals surface area contributed by atoms with Gasteiger partial charge in [0.2, 0.25) is 11.8 Å². The van der Waals surface area contributed by atoms with Crippen LogP contribution in [-0.4, -0.2) is 36.0 Å². The summed E-state index contributed by atoms with van der Waals surface area (Å²) in [5.74, 6) is 1.05. The summed E-state index contributed by atoms with van der Waals surface area (Å²) in [6.07, 6.45) is 0. The summed E-state index contributed by atoms with van der Waals surface area (Å²) in [4.78, 5) is 26.6. The lowest BCUT2D eigenvalue weighted by Gasteiger charge is -2.35. The van der Waals surface area contributed by atoms with Gasteiger partial charge in [-0.2, -0.15) is 0 Å². The number of aryl methyl sites for hydroxylation is 1. The number of furan rings is 1. The molecule has 1 aromatic heterocycles. The van der Waals surface area contributed by atoms with E-state index in [0.29, 0.717) is 12.3 Å². The summed E-state index contributed by atoms with van der Waals surface area (Å²) >= 11 is 0. The van der Waals surface area contributed by atoms with Gasteiger partial charge in [0.25, 0.3) is 0 Å². The highest BCUT2D eigenvalue weighted by molar-refractivity contribution is 5.89. The van der Waals surface area contributed by atoms with E-state index in [2.05, 4.69) is 5.32 Å². The van der Waals surface area contributed by atoms with E-state index < -0.39 is 6.04 Å². The van der Waals surface area contributed by atoms with Crippen LogP contribution in [0.25, 0.3) is 0 Å². The Morgan fingerprint density at radius 2 is 2.04 bits per heavy atom. The van der Waals surface area contributed by atoms with Crippen molar-refractivity contribution in [2.75, 3.05) is 13.2 Å². The van der Waals surface area contributed by atoms with Crippen molar-refractivity contribution in [1.29, 1.82) is 0 Å². The van der Waals surface area contributed by atoms with E-state index in [-0.39, 0.29) is 31.1 Å². The Bertz CT molecular complexity index is 741. The monoisotopic (exact) mass is 342 g/mol. The number of ether oxygens (including phenoxy) is 1. The van der Waals surface area contributed by atoms with Crippen molar-refractivity contribution in [1.82, 2.24) is 10.2 Å². The molecule has 3 rings (SSSR count). The molecule has 0 bridgehead atoms. The Labute approximate surface area is 146 Å². The smallest absolute Gasteiger partial charge is 0.249 e. The molecule has 2 atom stereocenters. The molecule has 1 aromatic carbocycles. The molecular formula is C19H22N2O4. The van der Waals surface area contributed by atoms with Gasteiger partial charge in [0.05, 0.1) is 12.6 Å². The second-order valence-corrected chi connectivity index (χ2v) is 6.22. The van der Waals surface area contributed by atoms with Gasteiger partial charge in [-0.25, -0.2) is 0 Å². The predicted octanol–water partition coefficient (Wildman–Crippen LogP) is 2.19. The van der Waals surface area contributed by atoms with E-state index in [9.17, 15) is 9.59 Å². The van der Waals surface area contributed by atoms with E-state index in [1.165, 1.54) is 0 Å². The standard InChI is InChI=1S/C19H22N2O4/c1-13-8-9-17(25-13)14(2)20-19(23)16-11-24-12-18(22)21(16)10-15-6-4-3-5-7-15/h3-9,14,16H,10-12H2,1-2H3,(H,20,23)/t14-,16-/m0/s1. The average Bonchev–Trinajstić information content (AvgIpc) is 3.04. The Hall–Kier alpha value is -2.60. The highest BCUT2D eigenvalue weighted by atomic mass is 16.5. The highest BCUT2D eigenvalue weighted by Crippen LogP contribution is 2.18. The molecular weight excluding hydrogens is 320 g/mol. The molecule has 1 aliphatic heterocycles. The van der Waals surface area contributed by atoms with E-state index in [1.807, 2.05) is 56.3 Å². The van der Waals surface area contributed by atoms with Crippen LogP contribution in [-0.2, 0) is 20.9 Å². The molecule has 2 amide bonds. The first-order valence-electron chi connectivity index (χ1n) is 8.32. The van der Waals surface area contributed by atoms with Crippen molar-refractivity contribution < 1.29 is 18.7 Å². The van der Waals surface area contributed by atoms with Crippen LogP contribution >= 0.6 is 0 Å². The van der Waals surface area contributed by atoms with E-state index >= 15 is 0 Å². The van der Waals surface area contributed by atoms with Crippen molar-refractivity contribution in [2.45, 2.75) is 32.5 Å². The maximum absolute atomic E-state index is 12.7. The first kappa shape index (κ1) is 17.2. The van der Waals surface area contributed by atoms with Gasteiger partial charge in [-0.1, -0.05) is 30.3 Å². The van der Waals surface area contributed by atoms with E-state index in [1.54, 1.807) is 4.90 Å². The minimum Gasteiger partial charge on any atom is -0.464 e. The van der Waals surface area contributed by atoms with Gasteiger partial charge in [-0.05, 0) is 31.5 Å². The molecule has 2 aromatic rings. The third kappa shape index (κ3) is 4.09. The Kier molecular flexibility index (Phi) is 5.19. The summed E-state index contributed by atoms with van der Waals surface area (Å²) < 4.78 is 10.8. The Morgan fingerprint density at radius 1 is 1.28 bits per heavy atom. The molecule has 25 heavy (non-hydrogen) atoms. The van der Waals surface area contributed by atoms with E-state index in [4.69, 9.17) is 9.15 Å². The number of benzene rings is 1. The SMILES string of the molecule is Cc1ccc([C@H](C)NC(=O)[C@@H]2COCC(=O)N2Cc2ccccc2)o1. The summed E-state index contributed by atoms with van der Waals surface area (Å²) in [6, 6.07) is 12.4. The minimum atomic E-state index is -0.653. The molecule has 0 saturated carbocycles. The van der Waals surface area contributed by atoms with Crippen LogP contribution in [0.1, 0.15) is 30.0 Å². The predicted molar refractivity (Wildman–Crippen MR) is 91.6 cm³/mol. The average molecular weight is 342 g/mol. The van der Waals surface area contributed by atoms with Crippen LogP contribution in [0, 0.1) is 6.92 Å². The molecule has 1 saturated heterocycles. The van der Waals surface area contributed by atoms with Gasteiger partial charge < -0.3 is 19.4 Å². The first-order chi connectivity index (χ1) is 12.0. The number of amides is 2. The zero-order valence-corrected chi connectivity index (χ0v) is 14.4. The van der Waals surface area contributed by atoms with Crippen LogP contribution in [0.2, 0.25) is 0 Å². The van der Waals surface area contributed by atoms with Crippen LogP contribution in [0.4, 0.5) is 0 Å². The van der Waals surface area contributed by atoms with Crippen molar-refractivity contribution in [3.8, 4) is 0 Å². The topological polar surface area (TPSA) is 71.8 Å². The lowest BCUT2D eigenvalue weighted by atomic mass is 10.1. The number of carbonyl (C=O) groups is 2. The second kappa shape index (κ2) is 7.53. The van der Waals surface area contributed by atoms with Gasteiger partial charge in [0, 0.05) is 6.54 Å². The first-order valence-corrected chi connectivity index (χ1v) is 8.32. The summed E-state index contributed by atoms with van der Waals surface area (Å²) in [6.45, 7) is 4.28. The summed E-state index contributed by atoms with van der Waals surface area (Å²) in [7, 11) is 0. The lowest BCUT2D eigenvalue weighted by Crippen LogP contribution is -2.56. The van der Waals surface area contributed by atoms with Gasteiger partial charge in [-0.3, -0.25) is 9.59 Å². The maximum atomic E-state index is 12.7. The van der Waals surface area contributed by atoms with Crippen molar-refractivity contribution in [3.63, 3.8) is 0 Å². The molecule has 0 unspecified atom stereocenters. The van der Waals surface area contributed by atoms with Gasteiger partial charge in [0.15, 0.2) is 0 Å². The number of carbonyl (C=O) groups excluding carboxylic acids is 2. The largest absolute Gasteiger partial charge is 0.464 e. The van der Waals surface area contributed by atoms with Gasteiger partial charge >= 0.3 is 0 Å². The number of nitrogens with one attached hydrogen (secondary N) is 1. The molecule has 1 aliphatic rings. The fourth-order valence-electron chi connectivity index (χ4n) is 2.87. The number of nitrogens with zero attached hydrogens (tertiary/aromatic N) is 1.